The van der Waals surface area contributed by atoms with E-state index in [9.17, 15) is 9.18 Å². The predicted molar refractivity (Wildman–Crippen MR) is 144 cm³/mol. The van der Waals surface area contributed by atoms with E-state index >= 15 is 0 Å². The van der Waals surface area contributed by atoms with Gasteiger partial charge in [0.05, 0.1) is 16.5 Å². The van der Waals surface area contributed by atoms with E-state index in [0.29, 0.717) is 5.82 Å². The summed E-state index contributed by atoms with van der Waals surface area (Å²) in [6, 6.07) is 28.0. The van der Waals surface area contributed by atoms with Crippen molar-refractivity contribution in [3.63, 3.8) is 0 Å². The van der Waals surface area contributed by atoms with Crippen molar-refractivity contribution in [1.82, 2.24) is 9.97 Å². The molecule has 0 spiro atoms. The zero-order valence-corrected chi connectivity index (χ0v) is 20.7. The van der Waals surface area contributed by atoms with E-state index in [2.05, 4.69) is 16.4 Å². The normalized spacial score (nSPS) is 11.8. The van der Waals surface area contributed by atoms with E-state index in [-0.39, 0.29) is 17.6 Å². The van der Waals surface area contributed by atoms with Gasteiger partial charge in [0.15, 0.2) is 0 Å². The number of nitrogens with zero attached hydrogens (tertiary/aromatic N) is 2. The van der Waals surface area contributed by atoms with E-state index in [1.54, 1.807) is 18.3 Å². The van der Waals surface area contributed by atoms with Gasteiger partial charge in [-0.1, -0.05) is 54.1 Å². The third kappa shape index (κ3) is 5.09. The molecule has 0 fully saturated rings. The molecule has 5 rings (SSSR count). The summed E-state index contributed by atoms with van der Waals surface area (Å²) >= 11 is 1.53. The lowest BCUT2D eigenvalue weighted by atomic mass is 10.0. The summed E-state index contributed by atoms with van der Waals surface area (Å²) in [5.74, 6) is -0.241. The van der Waals surface area contributed by atoms with Gasteiger partial charge in [-0.15, -0.1) is 11.3 Å². The van der Waals surface area contributed by atoms with Crippen molar-refractivity contribution in [1.29, 1.82) is 0 Å². The average molecular weight is 494 g/mol. The summed E-state index contributed by atoms with van der Waals surface area (Å²) in [5, 5.41) is 3.75. The molecule has 0 aliphatic rings. The molecule has 0 saturated heterocycles. The molecule has 1 atom stereocenters. The van der Waals surface area contributed by atoms with Crippen LogP contribution in [0.2, 0.25) is 0 Å². The second-order valence-electron chi connectivity index (χ2n) is 8.62. The fraction of sp³-hybridized carbons (Fsp3) is 0.100. The lowest BCUT2D eigenvalue weighted by Crippen LogP contribution is -2.19. The molecular weight excluding hydrogens is 469 g/mol. The molecule has 4 nitrogen and oxygen atoms in total. The monoisotopic (exact) mass is 493 g/mol. The van der Waals surface area contributed by atoms with Crippen molar-refractivity contribution >= 4 is 23.1 Å². The topological polar surface area (TPSA) is 54.9 Å². The number of rotatable bonds is 6. The maximum absolute atomic E-state index is 13.5. The molecule has 36 heavy (non-hydrogen) atoms. The van der Waals surface area contributed by atoms with Gasteiger partial charge >= 0.3 is 0 Å². The molecule has 1 N–H and O–H groups in total. The number of hydrogen-bond acceptors (Lipinski definition) is 4. The Kier molecular flexibility index (Phi) is 6.69. The summed E-state index contributed by atoms with van der Waals surface area (Å²) in [6.45, 7) is 3.92. The van der Waals surface area contributed by atoms with Crippen molar-refractivity contribution < 1.29 is 9.18 Å². The van der Waals surface area contributed by atoms with Gasteiger partial charge in [0.1, 0.15) is 16.6 Å². The van der Waals surface area contributed by atoms with E-state index in [1.165, 1.54) is 23.5 Å². The first-order valence-corrected chi connectivity index (χ1v) is 12.5. The van der Waals surface area contributed by atoms with E-state index in [0.717, 1.165) is 43.4 Å². The van der Waals surface area contributed by atoms with Gasteiger partial charge < -0.3 is 5.32 Å². The number of aromatic nitrogens is 2. The molecule has 2 heterocycles. The highest BCUT2D eigenvalue weighted by molar-refractivity contribution is 7.19. The molecular formula is C30H24FN3OS. The first-order chi connectivity index (χ1) is 17.5. The smallest absolute Gasteiger partial charge is 0.232 e. The van der Waals surface area contributed by atoms with E-state index in [1.807, 2.05) is 74.5 Å². The van der Waals surface area contributed by atoms with Crippen LogP contribution < -0.4 is 5.32 Å². The number of carbonyl (C=O) groups is 1. The number of hydrogen-bond donors (Lipinski definition) is 1. The zero-order chi connectivity index (χ0) is 25.1. The van der Waals surface area contributed by atoms with Gasteiger partial charge in [0.2, 0.25) is 5.91 Å². The van der Waals surface area contributed by atoms with Crippen molar-refractivity contribution in [2.45, 2.75) is 19.8 Å². The summed E-state index contributed by atoms with van der Waals surface area (Å²) < 4.78 is 13.5. The summed E-state index contributed by atoms with van der Waals surface area (Å²) in [4.78, 5) is 23.2. The number of benzene rings is 3. The lowest BCUT2D eigenvalue weighted by Gasteiger charge is -2.12. The minimum Gasteiger partial charge on any atom is -0.310 e. The van der Waals surface area contributed by atoms with Gasteiger partial charge in [-0.05, 0) is 67.4 Å². The molecule has 1 unspecified atom stereocenters. The minimum atomic E-state index is -0.312. The molecule has 6 heteroatoms. The fourth-order valence-electron chi connectivity index (χ4n) is 3.99. The molecule has 0 saturated carbocycles. The summed E-state index contributed by atoms with van der Waals surface area (Å²) in [6.07, 6.45) is 1.69. The highest BCUT2D eigenvalue weighted by atomic mass is 32.1. The molecule has 0 bridgehead atoms. The Morgan fingerprint density at radius 2 is 1.67 bits per heavy atom. The van der Waals surface area contributed by atoms with Crippen LogP contribution in [0.3, 0.4) is 0 Å². The van der Waals surface area contributed by atoms with E-state index in [4.69, 9.17) is 4.98 Å². The van der Waals surface area contributed by atoms with Crippen LogP contribution in [0.25, 0.3) is 32.3 Å². The number of thiazole rings is 1. The van der Waals surface area contributed by atoms with Crippen LogP contribution in [0.5, 0.6) is 0 Å². The Labute approximate surface area is 213 Å². The quantitative estimate of drug-likeness (QED) is 0.263. The fourth-order valence-corrected chi connectivity index (χ4v) is 5.08. The lowest BCUT2D eigenvalue weighted by molar-refractivity contribution is -0.117. The molecule has 3 aromatic carbocycles. The van der Waals surface area contributed by atoms with Gasteiger partial charge in [-0.2, -0.15) is 0 Å². The van der Waals surface area contributed by atoms with Crippen molar-refractivity contribution in [3.05, 3.63) is 114 Å². The minimum absolute atomic E-state index is 0.124. The van der Waals surface area contributed by atoms with E-state index < -0.39 is 0 Å². The summed E-state index contributed by atoms with van der Waals surface area (Å²) in [7, 11) is 0. The van der Waals surface area contributed by atoms with Crippen LogP contribution in [0, 0.1) is 12.7 Å². The maximum atomic E-state index is 13.5. The van der Waals surface area contributed by atoms with Crippen LogP contribution in [0.4, 0.5) is 10.2 Å². The first-order valence-electron chi connectivity index (χ1n) is 11.6. The van der Waals surface area contributed by atoms with Crippen molar-refractivity contribution in [3.8, 4) is 32.3 Å². The number of pyridine rings is 1. The van der Waals surface area contributed by atoms with Gasteiger partial charge in [0.25, 0.3) is 0 Å². The van der Waals surface area contributed by atoms with Gasteiger partial charge in [-0.25, -0.2) is 14.4 Å². The predicted octanol–water partition coefficient (Wildman–Crippen LogP) is 7.73. The molecule has 0 aliphatic carbocycles. The van der Waals surface area contributed by atoms with Crippen LogP contribution >= 0.6 is 11.3 Å². The summed E-state index contributed by atoms with van der Waals surface area (Å²) in [5.41, 5.74) is 5.65. The van der Waals surface area contributed by atoms with Crippen LogP contribution in [-0.4, -0.2) is 15.9 Å². The third-order valence-electron chi connectivity index (χ3n) is 5.98. The number of nitrogens with one attached hydrogen (secondary N) is 1. The molecule has 0 aliphatic heterocycles. The second-order valence-corrected chi connectivity index (χ2v) is 9.62. The number of carbonyl (C=O) groups excluding carboxylic acids is 1. The van der Waals surface area contributed by atoms with Crippen molar-refractivity contribution in [2.75, 3.05) is 5.32 Å². The largest absolute Gasteiger partial charge is 0.310 e. The molecule has 2 aromatic heterocycles. The first kappa shape index (κ1) is 23.6. The maximum Gasteiger partial charge on any atom is 0.232 e. The highest BCUT2D eigenvalue weighted by Crippen LogP contribution is 2.41. The van der Waals surface area contributed by atoms with Gasteiger partial charge in [-0.3, -0.25) is 4.79 Å². The van der Waals surface area contributed by atoms with Crippen LogP contribution in [-0.2, 0) is 4.79 Å². The third-order valence-corrected chi connectivity index (χ3v) is 7.13. The Morgan fingerprint density at radius 1 is 0.889 bits per heavy atom. The Balaban J connectivity index is 1.52. The Morgan fingerprint density at radius 3 is 2.42 bits per heavy atom. The molecule has 5 aromatic rings. The number of anilines is 1. The highest BCUT2D eigenvalue weighted by Gasteiger charge is 2.19. The van der Waals surface area contributed by atoms with Crippen LogP contribution in [0.1, 0.15) is 24.0 Å². The zero-order valence-electron chi connectivity index (χ0n) is 19.9. The molecule has 0 radical (unpaired) electrons. The average Bonchev–Trinajstić information content (AvgIpc) is 3.35. The SMILES string of the molecule is Cc1cccc(-c2nc(-c3ccc(F)cc3)sc2-c2ccnc(NC(=O)C(C)c3ccccc3)c2)c1. The number of halogens is 1. The standard InChI is InChI=1S/C30H24FN3OS/c1-19-7-6-10-23(17-19)27-28(36-30(34-27)22-11-13-25(31)14-12-22)24-15-16-32-26(18-24)33-29(35)20(2)21-8-4-3-5-9-21/h3-18,20H,1-2H3,(H,32,33,35). The number of aryl methyl sites for hydroxylation is 1. The molecule has 1 amide bonds. The Hall–Kier alpha value is -4.16. The number of amides is 1. The molecule has 178 valence electrons. The van der Waals surface area contributed by atoms with Crippen LogP contribution in [0.15, 0.2) is 97.2 Å². The second kappa shape index (κ2) is 10.2. The van der Waals surface area contributed by atoms with Gasteiger partial charge in [0, 0.05) is 17.3 Å². The van der Waals surface area contributed by atoms with Crippen molar-refractivity contribution in [2.24, 2.45) is 0 Å². The Bertz CT molecular complexity index is 1510.